The average molecular weight is 358 g/mol. The number of hydrogen-bond acceptors (Lipinski definition) is 5. The van der Waals surface area contributed by atoms with E-state index in [-0.39, 0.29) is 12.5 Å². The summed E-state index contributed by atoms with van der Waals surface area (Å²) in [5.74, 6) is -0.181. The van der Waals surface area contributed by atoms with E-state index < -0.39 is 0 Å². The van der Waals surface area contributed by atoms with Crippen LogP contribution >= 0.6 is 0 Å². The summed E-state index contributed by atoms with van der Waals surface area (Å²) in [6.45, 7) is 6.20. The molecule has 7 nitrogen and oxygen atoms in total. The van der Waals surface area contributed by atoms with Gasteiger partial charge in [-0.15, -0.1) is 0 Å². The lowest BCUT2D eigenvalue weighted by atomic mass is 9.98. The number of anilines is 1. The van der Waals surface area contributed by atoms with Crippen LogP contribution in [0, 0.1) is 18.3 Å². The van der Waals surface area contributed by atoms with Crippen molar-refractivity contribution in [2.75, 3.05) is 12.3 Å². The normalized spacial score (nSPS) is 13.1. The number of fused-ring (bicyclic) bond motifs is 2. The molecule has 1 aliphatic rings. The summed E-state index contributed by atoms with van der Waals surface area (Å²) in [5, 5.41) is 14.4. The molecule has 1 aliphatic heterocycles. The first-order valence-corrected chi connectivity index (χ1v) is 8.49. The number of aryl methyl sites for hydroxylation is 2. The fraction of sp³-hybridized carbons (Fsp3) is 0.200. The van der Waals surface area contributed by atoms with Gasteiger partial charge in [-0.05, 0) is 24.6 Å². The number of amides is 1. The van der Waals surface area contributed by atoms with Gasteiger partial charge in [-0.3, -0.25) is 14.5 Å². The van der Waals surface area contributed by atoms with Gasteiger partial charge >= 0.3 is 0 Å². The van der Waals surface area contributed by atoms with Crippen LogP contribution in [-0.4, -0.2) is 32.1 Å². The Morgan fingerprint density at radius 1 is 1.44 bits per heavy atom. The van der Waals surface area contributed by atoms with Gasteiger partial charge in [0.05, 0.1) is 41.3 Å². The maximum atomic E-state index is 12.8. The highest BCUT2D eigenvalue weighted by Gasteiger charge is 2.32. The Hall–Kier alpha value is -3.66. The Kier molecular flexibility index (Phi) is 3.70. The largest absolute Gasteiger partial charge is 0.398 e. The number of carbonyl (C=O) groups excluding carboxylic acids is 1. The maximum Gasteiger partial charge on any atom is 0.256 e. The van der Waals surface area contributed by atoms with Crippen LogP contribution in [0.25, 0.3) is 22.2 Å². The van der Waals surface area contributed by atoms with Crippen molar-refractivity contribution in [1.82, 2.24) is 19.7 Å². The molecule has 0 atom stereocenters. The molecule has 0 saturated carbocycles. The van der Waals surface area contributed by atoms with Crippen molar-refractivity contribution in [2.24, 2.45) is 7.05 Å². The maximum absolute atomic E-state index is 12.8. The standard InChI is InChI=1S/C20H18N6O/c1-11(7-21)9-26-10-15-13(4-5-16(22)19(15)20(26)27)17-6-14-12(2)24-25(3)18(14)8-23-17/h4-6,8H,1,9-10,22H2,2-3H3. The van der Waals surface area contributed by atoms with Crippen LogP contribution in [0.2, 0.25) is 0 Å². The van der Waals surface area contributed by atoms with E-state index in [1.807, 2.05) is 32.2 Å². The fourth-order valence-corrected chi connectivity index (χ4v) is 3.61. The van der Waals surface area contributed by atoms with E-state index in [9.17, 15) is 4.79 Å². The number of benzene rings is 1. The molecule has 0 fully saturated rings. The molecule has 0 aliphatic carbocycles. The molecule has 0 unspecified atom stereocenters. The summed E-state index contributed by atoms with van der Waals surface area (Å²) in [7, 11) is 1.89. The minimum Gasteiger partial charge on any atom is -0.398 e. The molecule has 0 saturated heterocycles. The summed E-state index contributed by atoms with van der Waals surface area (Å²) < 4.78 is 1.80. The lowest BCUT2D eigenvalue weighted by Gasteiger charge is -2.14. The first-order valence-electron chi connectivity index (χ1n) is 8.49. The number of nitriles is 1. The topological polar surface area (TPSA) is 101 Å². The smallest absolute Gasteiger partial charge is 0.256 e. The second-order valence-corrected chi connectivity index (χ2v) is 6.73. The van der Waals surface area contributed by atoms with Crippen LogP contribution in [0.5, 0.6) is 0 Å². The lowest BCUT2D eigenvalue weighted by molar-refractivity contribution is 0.0794. The van der Waals surface area contributed by atoms with Gasteiger partial charge in [0.1, 0.15) is 0 Å². The zero-order valence-electron chi connectivity index (χ0n) is 15.2. The Balaban J connectivity index is 1.84. The van der Waals surface area contributed by atoms with Crippen molar-refractivity contribution in [3.63, 3.8) is 0 Å². The van der Waals surface area contributed by atoms with Crippen molar-refractivity contribution >= 4 is 22.5 Å². The van der Waals surface area contributed by atoms with Crippen molar-refractivity contribution in [3.05, 3.63) is 53.4 Å². The van der Waals surface area contributed by atoms with Gasteiger partial charge < -0.3 is 10.6 Å². The van der Waals surface area contributed by atoms with E-state index in [4.69, 9.17) is 11.0 Å². The van der Waals surface area contributed by atoms with Gasteiger partial charge in [0.25, 0.3) is 5.91 Å². The number of rotatable bonds is 3. The molecule has 1 amide bonds. The van der Waals surface area contributed by atoms with Gasteiger partial charge in [-0.25, -0.2) is 0 Å². The average Bonchev–Trinajstić information content (AvgIpc) is 3.12. The van der Waals surface area contributed by atoms with Gasteiger partial charge in [0, 0.05) is 35.8 Å². The molecule has 0 bridgehead atoms. The Morgan fingerprint density at radius 3 is 2.96 bits per heavy atom. The Morgan fingerprint density at radius 2 is 2.22 bits per heavy atom. The van der Waals surface area contributed by atoms with Crippen LogP contribution in [-0.2, 0) is 13.6 Å². The first kappa shape index (κ1) is 16.8. The summed E-state index contributed by atoms with van der Waals surface area (Å²) in [4.78, 5) is 19.0. The molecule has 0 spiro atoms. The van der Waals surface area contributed by atoms with E-state index in [1.54, 1.807) is 21.8 Å². The molecule has 2 aromatic heterocycles. The molecule has 1 aromatic carbocycles. The number of nitrogens with two attached hydrogens (primary N) is 1. The molecule has 3 heterocycles. The predicted molar refractivity (Wildman–Crippen MR) is 103 cm³/mol. The van der Waals surface area contributed by atoms with Crippen LogP contribution in [0.15, 0.2) is 36.5 Å². The molecule has 4 rings (SSSR count). The van der Waals surface area contributed by atoms with Gasteiger partial charge in [-0.2, -0.15) is 10.4 Å². The van der Waals surface area contributed by atoms with Crippen LogP contribution in [0.3, 0.4) is 0 Å². The third-order valence-electron chi connectivity index (χ3n) is 4.93. The van der Waals surface area contributed by atoms with E-state index in [1.165, 1.54) is 0 Å². The quantitative estimate of drug-likeness (QED) is 0.573. The van der Waals surface area contributed by atoms with Crippen LogP contribution < -0.4 is 5.73 Å². The van der Waals surface area contributed by atoms with Crippen molar-refractivity contribution in [3.8, 4) is 17.3 Å². The van der Waals surface area contributed by atoms with E-state index in [0.29, 0.717) is 23.4 Å². The zero-order chi connectivity index (χ0) is 19.3. The Labute approximate surface area is 156 Å². The van der Waals surface area contributed by atoms with Crippen molar-refractivity contribution in [2.45, 2.75) is 13.5 Å². The summed E-state index contributed by atoms with van der Waals surface area (Å²) in [6.07, 6.45) is 1.79. The second kappa shape index (κ2) is 5.95. The van der Waals surface area contributed by atoms with Crippen LogP contribution in [0.1, 0.15) is 21.6 Å². The predicted octanol–water partition coefficient (Wildman–Crippen LogP) is 2.56. The SMILES string of the molecule is C=C(C#N)CN1Cc2c(-c3cc4c(C)nn(C)c4cn3)ccc(N)c2C1=O. The number of nitrogens with zero attached hydrogens (tertiary/aromatic N) is 5. The van der Waals surface area contributed by atoms with Gasteiger partial charge in [-0.1, -0.05) is 12.6 Å². The minimum atomic E-state index is -0.181. The summed E-state index contributed by atoms with van der Waals surface area (Å²) in [5.41, 5.74) is 11.7. The molecule has 27 heavy (non-hydrogen) atoms. The molecule has 7 heteroatoms. The molecule has 134 valence electrons. The molecule has 2 N–H and O–H groups in total. The van der Waals surface area contributed by atoms with Crippen molar-refractivity contribution in [1.29, 1.82) is 5.26 Å². The highest BCUT2D eigenvalue weighted by molar-refractivity contribution is 6.05. The third kappa shape index (κ3) is 2.54. The third-order valence-corrected chi connectivity index (χ3v) is 4.93. The number of aromatic nitrogens is 3. The zero-order valence-corrected chi connectivity index (χ0v) is 15.2. The number of nitrogen functional groups attached to an aromatic ring is 1. The molecular formula is C20H18N6O. The summed E-state index contributed by atoms with van der Waals surface area (Å²) in [6, 6.07) is 7.60. The van der Waals surface area contributed by atoms with Crippen molar-refractivity contribution < 1.29 is 4.79 Å². The number of pyridine rings is 1. The molecule has 0 radical (unpaired) electrons. The first-order chi connectivity index (χ1) is 12.9. The van der Waals surface area contributed by atoms with E-state index >= 15 is 0 Å². The summed E-state index contributed by atoms with van der Waals surface area (Å²) >= 11 is 0. The van der Waals surface area contributed by atoms with E-state index in [0.717, 1.165) is 33.4 Å². The number of carbonyl (C=O) groups is 1. The highest BCUT2D eigenvalue weighted by Crippen LogP contribution is 2.36. The highest BCUT2D eigenvalue weighted by atomic mass is 16.2. The van der Waals surface area contributed by atoms with Crippen LogP contribution in [0.4, 0.5) is 5.69 Å². The van der Waals surface area contributed by atoms with Gasteiger partial charge in [0.15, 0.2) is 0 Å². The van der Waals surface area contributed by atoms with Gasteiger partial charge in [0.2, 0.25) is 0 Å². The fourth-order valence-electron chi connectivity index (χ4n) is 3.61. The number of hydrogen-bond donors (Lipinski definition) is 1. The molecular weight excluding hydrogens is 340 g/mol. The molecule has 3 aromatic rings. The monoisotopic (exact) mass is 358 g/mol. The second-order valence-electron chi connectivity index (χ2n) is 6.73. The Bertz CT molecular complexity index is 1170. The lowest BCUT2D eigenvalue weighted by Crippen LogP contribution is -2.26. The minimum absolute atomic E-state index is 0.181. The van der Waals surface area contributed by atoms with E-state index in [2.05, 4.69) is 16.7 Å².